The number of cyclic esters (lactones) is 1. The molecule has 15 heteroatoms. The number of nitrogens with zero attached hydrogens (tertiary/aromatic N) is 3. The lowest BCUT2D eigenvalue weighted by Gasteiger charge is -2.45. The molecule has 2 aliphatic heterocycles. The minimum Gasteiger partial charge on any atom is -0.495 e. The van der Waals surface area contributed by atoms with Gasteiger partial charge in [-0.25, -0.2) is 9.18 Å². The molecule has 0 saturated carbocycles. The molecule has 2 saturated heterocycles. The van der Waals surface area contributed by atoms with Crippen molar-refractivity contribution < 1.29 is 44.8 Å². The van der Waals surface area contributed by atoms with Crippen LogP contribution in [0.2, 0.25) is 0 Å². The van der Waals surface area contributed by atoms with E-state index in [1.165, 1.54) is 46.8 Å². The van der Waals surface area contributed by atoms with Crippen molar-refractivity contribution in [1.29, 1.82) is 0 Å². The van der Waals surface area contributed by atoms with E-state index in [0.29, 0.717) is 0 Å². The summed E-state index contributed by atoms with van der Waals surface area (Å²) in [6.07, 6.45) is -3.99. The number of piperidine rings is 1. The van der Waals surface area contributed by atoms with Crippen molar-refractivity contribution in [1.82, 2.24) is 9.46 Å². The van der Waals surface area contributed by atoms with Crippen molar-refractivity contribution in [3.8, 4) is 16.9 Å². The predicted octanol–water partition coefficient (Wildman–Crippen LogP) is 4.51. The van der Waals surface area contributed by atoms with E-state index < -0.39 is 45.8 Å². The van der Waals surface area contributed by atoms with Crippen LogP contribution in [-0.2, 0) is 21.1 Å². The van der Waals surface area contributed by atoms with Gasteiger partial charge >= 0.3 is 22.5 Å². The second kappa shape index (κ2) is 10.0. The van der Waals surface area contributed by atoms with Gasteiger partial charge in [0.25, 0.3) is 0 Å². The fourth-order valence-electron chi connectivity index (χ4n) is 4.81. The van der Waals surface area contributed by atoms with E-state index in [2.05, 4.69) is 14.4 Å². The minimum absolute atomic E-state index is 0.00521. The molecule has 0 aliphatic carbocycles. The average molecular weight is 571 g/mol. The van der Waals surface area contributed by atoms with Gasteiger partial charge in [-0.15, -0.1) is 0 Å². The highest BCUT2D eigenvalue weighted by molar-refractivity contribution is 7.90. The molecule has 0 bridgehead atoms. The number of halogens is 4. The van der Waals surface area contributed by atoms with Crippen LogP contribution in [0.3, 0.4) is 0 Å². The molecule has 2 aliphatic rings. The number of carbonyl (C=O) groups excluding carboxylic acids is 1. The van der Waals surface area contributed by atoms with Crippen molar-refractivity contribution in [3.63, 3.8) is 0 Å². The van der Waals surface area contributed by atoms with Crippen LogP contribution in [-0.4, -0.2) is 56.8 Å². The van der Waals surface area contributed by atoms with Crippen molar-refractivity contribution in [2.75, 3.05) is 36.4 Å². The topological polar surface area (TPSA) is 114 Å². The maximum absolute atomic E-state index is 15.4. The summed E-state index contributed by atoms with van der Waals surface area (Å²) in [5.41, 5.74) is -1.10. The summed E-state index contributed by atoms with van der Waals surface area (Å²) < 4.78 is 99.5. The van der Waals surface area contributed by atoms with Crippen molar-refractivity contribution in [3.05, 3.63) is 60.1 Å². The zero-order valence-corrected chi connectivity index (χ0v) is 21.1. The molecule has 39 heavy (non-hydrogen) atoms. The highest BCUT2D eigenvalue weighted by Crippen LogP contribution is 2.41. The van der Waals surface area contributed by atoms with Crippen LogP contribution in [0.5, 0.6) is 5.75 Å². The summed E-state index contributed by atoms with van der Waals surface area (Å²) in [4.78, 5) is 14.1. The van der Waals surface area contributed by atoms with E-state index in [1.807, 2.05) is 0 Å². The first kappa shape index (κ1) is 26.7. The summed E-state index contributed by atoms with van der Waals surface area (Å²) in [5, 5.41) is 3.54. The SMILES string of the molecule is COc1cc(-c2cccc(C(F)(F)F)c2)c(F)cc1N1C(=O)OC[C@H]2CN(S(=O)(=O)Nc3ccon3)CC[C@@H]21. The van der Waals surface area contributed by atoms with Gasteiger partial charge < -0.3 is 14.0 Å². The third-order valence-electron chi connectivity index (χ3n) is 6.65. The number of ether oxygens (including phenoxy) is 2. The fraction of sp³-hybridized carbons (Fsp3) is 0.333. The molecule has 1 aromatic heterocycles. The summed E-state index contributed by atoms with van der Waals surface area (Å²) in [6.45, 7) is -0.0386. The van der Waals surface area contributed by atoms with E-state index in [9.17, 15) is 26.4 Å². The molecule has 208 valence electrons. The van der Waals surface area contributed by atoms with Crippen LogP contribution in [0.15, 0.2) is 53.3 Å². The number of nitrogens with one attached hydrogen (secondary N) is 1. The Labute approximate surface area is 220 Å². The molecule has 2 aromatic carbocycles. The molecule has 1 amide bonds. The van der Waals surface area contributed by atoms with E-state index >= 15 is 4.39 Å². The Morgan fingerprint density at radius 1 is 1.18 bits per heavy atom. The molecule has 3 heterocycles. The molecular weight excluding hydrogens is 548 g/mol. The molecule has 0 radical (unpaired) electrons. The highest BCUT2D eigenvalue weighted by Gasteiger charge is 2.45. The Morgan fingerprint density at radius 2 is 1.97 bits per heavy atom. The molecule has 0 spiro atoms. The number of benzene rings is 2. The summed E-state index contributed by atoms with van der Waals surface area (Å²) >= 11 is 0. The molecule has 2 atom stereocenters. The number of hydrogen-bond donors (Lipinski definition) is 1. The fourth-order valence-corrected chi connectivity index (χ4v) is 6.04. The number of fused-ring (bicyclic) bond motifs is 1. The zero-order chi connectivity index (χ0) is 27.9. The second-order valence-corrected chi connectivity index (χ2v) is 10.7. The molecule has 1 N–H and O–H groups in total. The van der Waals surface area contributed by atoms with Crippen LogP contribution in [0, 0.1) is 11.7 Å². The molecule has 5 rings (SSSR count). The van der Waals surface area contributed by atoms with Gasteiger partial charge in [0.2, 0.25) is 0 Å². The minimum atomic E-state index is -4.62. The van der Waals surface area contributed by atoms with Crippen LogP contribution in [0.4, 0.5) is 33.9 Å². The molecular formula is C24H22F4N4O6S. The van der Waals surface area contributed by atoms with Gasteiger partial charge in [0, 0.05) is 42.7 Å². The van der Waals surface area contributed by atoms with Gasteiger partial charge in [-0.05, 0) is 30.2 Å². The highest BCUT2D eigenvalue weighted by atomic mass is 32.2. The van der Waals surface area contributed by atoms with E-state index in [1.54, 1.807) is 0 Å². The van der Waals surface area contributed by atoms with Crippen molar-refractivity contribution >= 4 is 27.8 Å². The number of alkyl halides is 3. The predicted molar refractivity (Wildman–Crippen MR) is 130 cm³/mol. The lowest BCUT2D eigenvalue weighted by Crippen LogP contribution is -2.59. The lowest BCUT2D eigenvalue weighted by molar-refractivity contribution is -0.137. The quantitative estimate of drug-likeness (QED) is 0.434. The maximum Gasteiger partial charge on any atom is 0.416 e. The third kappa shape index (κ3) is 5.23. The number of methoxy groups -OCH3 is 1. The Kier molecular flexibility index (Phi) is 6.88. The van der Waals surface area contributed by atoms with Crippen molar-refractivity contribution in [2.24, 2.45) is 5.92 Å². The number of carbonyl (C=O) groups is 1. The van der Waals surface area contributed by atoms with Crippen LogP contribution < -0.4 is 14.4 Å². The van der Waals surface area contributed by atoms with Gasteiger partial charge in [0.1, 0.15) is 17.8 Å². The first-order valence-electron chi connectivity index (χ1n) is 11.7. The Hall–Kier alpha value is -3.85. The number of rotatable bonds is 6. The van der Waals surface area contributed by atoms with Gasteiger partial charge in [-0.3, -0.25) is 9.62 Å². The van der Waals surface area contributed by atoms with Crippen LogP contribution in [0.25, 0.3) is 11.1 Å². The third-order valence-corrected chi connectivity index (χ3v) is 8.12. The number of amides is 1. The van der Waals surface area contributed by atoms with Crippen LogP contribution in [0.1, 0.15) is 12.0 Å². The largest absolute Gasteiger partial charge is 0.495 e. The van der Waals surface area contributed by atoms with E-state index in [4.69, 9.17) is 9.47 Å². The van der Waals surface area contributed by atoms with Crippen molar-refractivity contribution in [2.45, 2.75) is 18.6 Å². The maximum atomic E-state index is 15.4. The van der Waals surface area contributed by atoms with Gasteiger partial charge in [0.15, 0.2) is 5.82 Å². The van der Waals surface area contributed by atoms with Gasteiger partial charge in [0.05, 0.1) is 25.0 Å². The normalized spacial score (nSPS) is 20.3. The number of aromatic nitrogens is 1. The molecule has 0 unspecified atom stereocenters. The zero-order valence-electron chi connectivity index (χ0n) is 20.3. The Balaban J connectivity index is 1.44. The standard InChI is InChI=1S/C24H22F4N4O6S/c1-36-21-10-17(14-3-2-4-16(9-14)24(26,27)28)18(25)11-20(21)32-19-5-7-31(12-15(19)13-37-23(32)33)39(34,35)30-22-6-8-38-29-22/h2-4,6,8-11,15,19H,5,7,12-13H2,1H3,(H,29,30)/t15-,19+/m1/s1. The summed E-state index contributed by atoms with van der Waals surface area (Å²) in [5.74, 6) is -1.31. The summed E-state index contributed by atoms with van der Waals surface area (Å²) in [7, 11) is -2.70. The van der Waals surface area contributed by atoms with Crippen LogP contribution >= 0.6 is 0 Å². The Morgan fingerprint density at radius 3 is 2.67 bits per heavy atom. The monoisotopic (exact) mass is 570 g/mol. The first-order valence-corrected chi connectivity index (χ1v) is 13.1. The lowest BCUT2D eigenvalue weighted by atomic mass is 9.91. The first-order chi connectivity index (χ1) is 18.5. The summed E-state index contributed by atoms with van der Waals surface area (Å²) in [6, 6.07) is 7.23. The second-order valence-electron chi connectivity index (χ2n) is 9.00. The van der Waals surface area contributed by atoms with Gasteiger partial charge in [-0.2, -0.15) is 25.9 Å². The van der Waals surface area contributed by atoms with Gasteiger partial charge in [-0.1, -0.05) is 17.3 Å². The average Bonchev–Trinajstić information content (AvgIpc) is 3.40. The molecule has 10 nitrogen and oxygen atoms in total. The van der Waals surface area contributed by atoms with E-state index in [0.717, 1.165) is 18.2 Å². The Bertz CT molecular complexity index is 1480. The molecule has 2 fully saturated rings. The smallest absolute Gasteiger partial charge is 0.416 e. The number of anilines is 2. The number of hydrogen-bond acceptors (Lipinski definition) is 7. The molecule has 3 aromatic rings. The van der Waals surface area contributed by atoms with E-state index in [-0.39, 0.29) is 54.5 Å².